The highest BCUT2D eigenvalue weighted by Crippen LogP contribution is 2.53. The van der Waals surface area contributed by atoms with Gasteiger partial charge in [0.25, 0.3) is 0 Å². The van der Waals surface area contributed by atoms with Crippen LogP contribution in [0, 0.1) is 0 Å². The standard InChI is InChI=1S/C48H34FN5/c1-48(2)38-15-7-9-17-41(38)53(32-12-4-3-5-13-32)44-28-36-35-22-20-31(27-42(35)54(43(36)29-39(44)48)45-18-10-11-23-50-45)46(49)30-19-21-33-34-14-6-8-16-40(34)52-25-24-51-47(52)37(33)26-30/h3-29,46H,1-2H3. The van der Waals surface area contributed by atoms with Crippen LogP contribution in [0.4, 0.5) is 21.5 Å². The highest BCUT2D eigenvalue weighted by atomic mass is 19.1. The number of fused-ring (bicyclic) bond motifs is 11. The average Bonchev–Trinajstić information content (AvgIpc) is 3.84. The molecule has 10 aromatic rings. The summed E-state index contributed by atoms with van der Waals surface area (Å²) in [5, 5.41) is 5.24. The first-order valence-electron chi connectivity index (χ1n) is 18.4. The second-order valence-corrected chi connectivity index (χ2v) is 14.8. The van der Waals surface area contributed by atoms with E-state index in [9.17, 15) is 0 Å². The molecule has 258 valence electrons. The molecular weight excluding hydrogens is 666 g/mol. The number of rotatable bonds is 4. The van der Waals surface area contributed by atoms with E-state index < -0.39 is 6.17 Å². The zero-order valence-electron chi connectivity index (χ0n) is 29.8. The second kappa shape index (κ2) is 11.4. The molecule has 1 atom stereocenters. The lowest BCUT2D eigenvalue weighted by Gasteiger charge is -2.42. The van der Waals surface area contributed by atoms with Crippen molar-refractivity contribution < 1.29 is 4.39 Å². The second-order valence-electron chi connectivity index (χ2n) is 14.8. The molecule has 0 amide bonds. The van der Waals surface area contributed by atoms with Crippen molar-refractivity contribution in [1.82, 2.24) is 18.9 Å². The number of aromatic nitrogens is 4. The summed E-state index contributed by atoms with van der Waals surface area (Å²) in [5.74, 6) is 0.790. The van der Waals surface area contributed by atoms with E-state index in [0.29, 0.717) is 11.1 Å². The largest absolute Gasteiger partial charge is 0.310 e. The molecule has 0 saturated heterocycles. The van der Waals surface area contributed by atoms with Gasteiger partial charge in [-0.05, 0) is 88.3 Å². The highest BCUT2D eigenvalue weighted by molar-refractivity contribution is 6.13. The fourth-order valence-electron chi connectivity index (χ4n) is 8.91. The molecule has 5 nitrogen and oxygen atoms in total. The monoisotopic (exact) mass is 699 g/mol. The Balaban J connectivity index is 1.14. The summed E-state index contributed by atoms with van der Waals surface area (Å²) in [6.45, 7) is 4.62. The number of benzene rings is 6. The van der Waals surface area contributed by atoms with Crippen LogP contribution in [-0.2, 0) is 5.41 Å². The first kappa shape index (κ1) is 30.8. The molecule has 0 N–H and O–H groups in total. The van der Waals surface area contributed by atoms with Crippen molar-refractivity contribution in [2.45, 2.75) is 25.4 Å². The summed E-state index contributed by atoms with van der Waals surface area (Å²) in [6.07, 6.45) is 4.24. The van der Waals surface area contributed by atoms with Gasteiger partial charge in [-0.15, -0.1) is 0 Å². The molecule has 0 saturated carbocycles. The van der Waals surface area contributed by atoms with E-state index >= 15 is 4.39 Å². The van der Waals surface area contributed by atoms with Crippen LogP contribution in [0.1, 0.15) is 42.3 Å². The minimum Gasteiger partial charge on any atom is -0.310 e. The van der Waals surface area contributed by atoms with E-state index in [-0.39, 0.29) is 5.41 Å². The number of imidazole rings is 1. The third kappa shape index (κ3) is 4.31. The maximum Gasteiger partial charge on any atom is 0.150 e. The number of hydrogen-bond acceptors (Lipinski definition) is 3. The molecule has 1 aliphatic rings. The van der Waals surface area contributed by atoms with Gasteiger partial charge in [0, 0.05) is 51.2 Å². The van der Waals surface area contributed by atoms with E-state index in [4.69, 9.17) is 4.98 Å². The predicted molar refractivity (Wildman–Crippen MR) is 219 cm³/mol. The van der Waals surface area contributed by atoms with E-state index in [1.807, 2.05) is 79.3 Å². The maximum atomic E-state index is 17.0. The maximum absolute atomic E-state index is 17.0. The van der Waals surface area contributed by atoms with Gasteiger partial charge >= 0.3 is 0 Å². The number of pyridine rings is 2. The van der Waals surface area contributed by atoms with Crippen molar-refractivity contribution in [1.29, 1.82) is 0 Å². The fraction of sp³-hybridized carbons (Fsp3) is 0.0833. The Labute approximate surface area is 311 Å². The zero-order chi connectivity index (χ0) is 36.1. The van der Waals surface area contributed by atoms with Gasteiger partial charge in [0.1, 0.15) is 11.5 Å². The number of anilines is 3. The number of halogens is 1. The first-order chi connectivity index (χ1) is 26.5. The van der Waals surface area contributed by atoms with Crippen LogP contribution in [0.2, 0.25) is 0 Å². The van der Waals surface area contributed by atoms with Crippen molar-refractivity contribution in [2.24, 2.45) is 0 Å². The molecule has 0 radical (unpaired) electrons. The smallest absolute Gasteiger partial charge is 0.150 e. The van der Waals surface area contributed by atoms with Gasteiger partial charge in [0.2, 0.25) is 0 Å². The molecule has 6 heteroatoms. The Morgan fingerprint density at radius 2 is 1.26 bits per heavy atom. The topological polar surface area (TPSA) is 38.4 Å². The minimum atomic E-state index is -1.36. The fourth-order valence-corrected chi connectivity index (χ4v) is 8.91. The first-order valence-corrected chi connectivity index (χ1v) is 18.4. The highest BCUT2D eigenvalue weighted by Gasteiger charge is 2.38. The van der Waals surface area contributed by atoms with E-state index in [2.05, 4.69) is 118 Å². The van der Waals surface area contributed by atoms with Crippen molar-refractivity contribution in [3.63, 3.8) is 0 Å². The lowest BCUT2D eigenvalue weighted by molar-refractivity contribution is 0.402. The van der Waals surface area contributed by atoms with E-state index in [1.54, 1.807) is 0 Å². The normalized spacial score (nSPS) is 14.2. The van der Waals surface area contributed by atoms with Gasteiger partial charge in [-0.25, -0.2) is 14.4 Å². The summed E-state index contributed by atoms with van der Waals surface area (Å²) in [4.78, 5) is 11.9. The molecule has 4 aromatic heterocycles. The quantitative estimate of drug-likeness (QED) is 0.172. The van der Waals surface area contributed by atoms with Crippen LogP contribution in [-0.4, -0.2) is 18.9 Å². The summed E-state index contributed by atoms with van der Waals surface area (Å²) in [7, 11) is 0. The number of alkyl halides is 1. The van der Waals surface area contributed by atoms with Crippen LogP contribution in [0.15, 0.2) is 164 Å². The molecule has 0 bridgehead atoms. The Bertz CT molecular complexity index is 3110. The van der Waals surface area contributed by atoms with Crippen LogP contribution in [0.25, 0.3) is 54.9 Å². The summed E-state index contributed by atoms with van der Waals surface area (Å²) >= 11 is 0. The Kier molecular flexibility index (Phi) is 6.48. The predicted octanol–water partition coefficient (Wildman–Crippen LogP) is 12.3. The van der Waals surface area contributed by atoms with E-state index in [1.165, 1.54) is 16.8 Å². The molecule has 0 fully saturated rings. The molecule has 5 heterocycles. The molecule has 1 unspecified atom stereocenters. The third-order valence-electron chi connectivity index (χ3n) is 11.5. The molecule has 6 aromatic carbocycles. The third-order valence-corrected chi connectivity index (χ3v) is 11.5. The van der Waals surface area contributed by atoms with Gasteiger partial charge in [0.05, 0.1) is 27.9 Å². The molecule has 0 aliphatic carbocycles. The van der Waals surface area contributed by atoms with Crippen molar-refractivity contribution in [3.05, 3.63) is 186 Å². The molecular formula is C48H34FN5. The van der Waals surface area contributed by atoms with Crippen LogP contribution < -0.4 is 4.90 Å². The molecule has 0 spiro atoms. The zero-order valence-corrected chi connectivity index (χ0v) is 29.8. The lowest BCUT2D eigenvalue weighted by atomic mass is 9.73. The molecule has 11 rings (SSSR count). The van der Waals surface area contributed by atoms with Gasteiger partial charge in [-0.3, -0.25) is 8.97 Å². The summed E-state index contributed by atoms with van der Waals surface area (Å²) < 4.78 is 21.3. The Morgan fingerprint density at radius 3 is 2.11 bits per heavy atom. The minimum absolute atomic E-state index is 0.284. The molecule has 1 aliphatic heterocycles. The number of nitrogens with zero attached hydrogens (tertiary/aromatic N) is 5. The lowest BCUT2D eigenvalue weighted by Crippen LogP contribution is -2.30. The van der Waals surface area contributed by atoms with Gasteiger partial charge in [0.15, 0.2) is 6.17 Å². The van der Waals surface area contributed by atoms with Gasteiger partial charge < -0.3 is 4.90 Å². The number of para-hydroxylation sites is 3. The number of hydrogen-bond donors (Lipinski definition) is 0. The summed E-state index contributed by atoms with van der Waals surface area (Å²) in [5.41, 5.74) is 10.6. The van der Waals surface area contributed by atoms with E-state index in [0.717, 1.165) is 66.3 Å². The van der Waals surface area contributed by atoms with Gasteiger partial charge in [-0.1, -0.05) is 98.8 Å². The molecule has 54 heavy (non-hydrogen) atoms. The van der Waals surface area contributed by atoms with Crippen molar-refractivity contribution in [2.75, 3.05) is 4.90 Å². The van der Waals surface area contributed by atoms with Crippen molar-refractivity contribution in [3.8, 4) is 5.82 Å². The van der Waals surface area contributed by atoms with Crippen molar-refractivity contribution >= 4 is 66.2 Å². The van der Waals surface area contributed by atoms with Gasteiger partial charge in [-0.2, -0.15) is 0 Å². The average molecular weight is 700 g/mol. The van der Waals surface area contributed by atoms with Crippen LogP contribution in [0.5, 0.6) is 0 Å². The Hall–Kier alpha value is -6.79. The summed E-state index contributed by atoms with van der Waals surface area (Å²) in [6, 6.07) is 50.2. The SMILES string of the molecule is CC1(C)c2ccccc2N(c2ccccc2)c2cc3c4ccc(C(F)c5ccc6c7ccccc7n7ccnc7c6c5)cc4n(-c4ccccn4)c3cc21. The van der Waals surface area contributed by atoms with Crippen LogP contribution >= 0.6 is 0 Å². The van der Waals surface area contributed by atoms with Crippen LogP contribution in [0.3, 0.4) is 0 Å². The Morgan fingerprint density at radius 1 is 0.537 bits per heavy atom.